The zero-order valence-electron chi connectivity index (χ0n) is 7.12. The van der Waals surface area contributed by atoms with E-state index in [-0.39, 0.29) is 5.75 Å². The molecule has 0 amide bonds. The number of rotatable bonds is 2. The van der Waals surface area contributed by atoms with Crippen LogP contribution >= 0.6 is 0 Å². The third-order valence-corrected chi connectivity index (χ3v) is 1.63. The number of hydrogen-bond acceptors (Lipinski definition) is 2. The Morgan fingerprint density at radius 1 is 1.42 bits per heavy atom. The molecule has 1 aromatic rings. The third kappa shape index (κ3) is 2.40. The molecule has 12 heavy (non-hydrogen) atoms. The van der Waals surface area contributed by atoms with Crippen molar-refractivity contribution in [2.75, 3.05) is 6.54 Å². The van der Waals surface area contributed by atoms with E-state index in [1.165, 1.54) is 0 Å². The van der Waals surface area contributed by atoms with Crippen molar-refractivity contribution in [3.8, 4) is 5.75 Å². The molecule has 0 fully saturated rings. The Labute approximate surface area is 72.3 Å². The highest BCUT2D eigenvalue weighted by molar-refractivity contribution is 5.53. The fourth-order valence-corrected chi connectivity index (χ4v) is 0.914. The Hall–Kier alpha value is -1.28. The molecule has 0 atom stereocenters. The largest absolute Gasteiger partial charge is 0.508 e. The Morgan fingerprint density at radius 3 is 2.50 bits per heavy atom. The first-order valence-corrected chi connectivity index (χ1v) is 3.88. The van der Waals surface area contributed by atoms with Gasteiger partial charge in [0, 0.05) is 6.54 Å². The topological polar surface area (TPSA) is 46.2 Å². The first-order chi connectivity index (χ1) is 5.72. The summed E-state index contributed by atoms with van der Waals surface area (Å²) in [7, 11) is 0. The highest BCUT2D eigenvalue weighted by atomic mass is 16.3. The lowest BCUT2D eigenvalue weighted by Crippen LogP contribution is -1.98. The maximum Gasteiger partial charge on any atom is 0.115 e. The average Bonchev–Trinajstić information content (AvgIpc) is 2.09. The molecular weight excluding hydrogens is 150 g/mol. The molecule has 1 aromatic carbocycles. The fraction of sp³-hybridized carbons (Fsp3) is 0.200. The molecule has 0 aliphatic carbocycles. The van der Waals surface area contributed by atoms with Gasteiger partial charge >= 0.3 is 0 Å². The minimum Gasteiger partial charge on any atom is -0.508 e. The number of phenols is 1. The standard InChI is InChI=1S/C10H13NO/c1-8(7-11)6-9-2-4-10(12)5-3-9/h2-6,12H,7,11H2,1H3/b8-6-. The summed E-state index contributed by atoms with van der Waals surface area (Å²) in [6, 6.07) is 7.04. The van der Waals surface area contributed by atoms with Crippen molar-refractivity contribution < 1.29 is 5.11 Å². The second-order valence-corrected chi connectivity index (χ2v) is 2.79. The quantitative estimate of drug-likeness (QED) is 0.697. The van der Waals surface area contributed by atoms with Crippen LogP contribution in [0.3, 0.4) is 0 Å². The zero-order chi connectivity index (χ0) is 8.97. The molecule has 0 aliphatic heterocycles. The number of benzene rings is 1. The molecule has 3 N–H and O–H groups in total. The Balaban J connectivity index is 2.84. The molecule has 0 heterocycles. The highest BCUT2D eigenvalue weighted by Crippen LogP contribution is 2.11. The van der Waals surface area contributed by atoms with E-state index < -0.39 is 0 Å². The van der Waals surface area contributed by atoms with Gasteiger partial charge in [0.15, 0.2) is 0 Å². The van der Waals surface area contributed by atoms with E-state index in [0.717, 1.165) is 11.1 Å². The van der Waals surface area contributed by atoms with Crippen molar-refractivity contribution in [2.24, 2.45) is 5.73 Å². The maximum absolute atomic E-state index is 9.00. The van der Waals surface area contributed by atoms with Crippen molar-refractivity contribution in [3.05, 3.63) is 35.4 Å². The Kier molecular flexibility index (Phi) is 2.88. The van der Waals surface area contributed by atoms with E-state index >= 15 is 0 Å². The van der Waals surface area contributed by atoms with Gasteiger partial charge in [-0.05, 0) is 24.6 Å². The van der Waals surface area contributed by atoms with Crippen molar-refractivity contribution in [2.45, 2.75) is 6.92 Å². The minimum absolute atomic E-state index is 0.289. The van der Waals surface area contributed by atoms with Crippen LogP contribution in [-0.4, -0.2) is 11.7 Å². The summed E-state index contributed by atoms with van der Waals surface area (Å²) in [5.41, 5.74) is 7.62. The van der Waals surface area contributed by atoms with Gasteiger partial charge in [0.2, 0.25) is 0 Å². The zero-order valence-corrected chi connectivity index (χ0v) is 7.12. The fourth-order valence-electron chi connectivity index (χ4n) is 0.914. The van der Waals surface area contributed by atoms with Gasteiger partial charge in [-0.2, -0.15) is 0 Å². The SMILES string of the molecule is C/C(=C/c1ccc(O)cc1)CN. The molecule has 0 saturated heterocycles. The number of phenolic OH excluding ortho intramolecular Hbond substituents is 1. The number of hydrogen-bond donors (Lipinski definition) is 2. The molecule has 0 aromatic heterocycles. The van der Waals surface area contributed by atoms with Crippen LogP contribution in [-0.2, 0) is 0 Å². The third-order valence-electron chi connectivity index (χ3n) is 1.63. The second-order valence-electron chi connectivity index (χ2n) is 2.79. The van der Waals surface area contributed by atoms with Crippen LogP contribution in [0.15, 0.2) is 29.8 Å². The molecule has 1 rings (SSSR count). The Bertz CT molecular complexity index is 274. The summed E-state index contributed by atoms with van der Waals surface area (Å²) in [6.07, 6.45) is 2.00. The van der Waals surface area contributed by atoms with Crippen molar-refractivity contribution in [1.82, 2.24) is 0 Å². The van der Waals surface area contributed by atoms with Crippen LogP contribution in [0.2, 0.25) is 0 Å². The van der Waals surface area contributed by atoms with Crippen molar-refractivity contribution in [1.29, 1.82) is 0 Å². The van der Waals surface area contributed by atoms with Crippen LogP contribution in [0.5, 0.6) is 5.75 Å². The van der Waals surface area contributed by atoms with E-state index in [1.54, 1.807) is 12.1 Å². The summed E-state index contributed by atoms with van der Waals surface area (Å²) in [6.45, 7) is 2.55. The summed E-state index contributed by atoms with van der Waals surface area (Å²) in [5.74, 6) is 0.289. The normalized spacial score (nSPS) is 11.7. The van der Waals surface area contributed by atoms with Crippen molar-refractivity contribution >= 4 is 6.08 Å². The lowest BCUT2D eigenvalue weighted by atomic mass is 10.1. The maximum atomic E-state index is 9.00. The van der Waals surface area contributed by atoms with Gasteiger partial charge < -0.3 is 10.8 Å². The molecule has 2 nitrogen and oxygen atoms in total. The van der Waals surface area contributed by atoms with Crippen LogP contribution in [0.25, 0.3) is 6.08 Å². The van der Waals surface area contributed by atoms with Crippen LogP contribution in [0.1, 0.15) is 12.5 Å². The van der Waals surface area contributed by atoms with Gasteiger partial charge in [0.05, 0.1) is 0 Å². The van der Waals surface area contributed by atoms with E-state index in [0.29, 0.717) is 6.54 Å². The van der Waals surface area contributed by atoms with Gasteiger partial charge in [-0.15, -0.1) is 0 Å². The smallest absolute Gasteiger partial charge is 0.115 e. The highest BCUT2D eigenvalue weighted by Gasteiger charge is 1.89. The van der Waals surface area contributed by atoms with E-state index in [1.807, 2.05) is 25.1 Å². The van der Waals surface area contributed by atoms with Gasteiger partial charge in [-0.25, -0.2) is 0 Å². The van der Waals surface area contributed by atoms with Gasteiger partial charge in [-0.3, -0.25) is 0 Å². The van der Waals surface area contributed by atoms with Crippen LogP contribution < -0.4 is 5.73 Å². The van der Waals surface area contributed by atoms with Crippen molar-refractivity contribution in [3.63, 3.8) is 0 Å². The van der Waals surface area contributed by atoms with Gasteiger partial charge in [0.1, 0.15) is 5.75 Å². The van der Waals surface area contributed by atoms with E-state index in [9.17, 15) is 0 Å². The molecule has 64 valence electrons. The van der Waals surface area contributed by atoms with Gasteiger partial charge in [0.25, 0.3) is 0 Å². The molecular formula is C10H13NO. The summed E-state index contributed by atoms with van der Waals surface area (Å²) in [4.78, 5) is 0. The first kappa shape index (κ1) is 8.81. The molecule has 0 bridgehead atoms. The first-order valence-electron chi connectivity index (χ1n) is 3.88. The molecule has 0 aliphatic rings. The summed E-state index contributed by atoms with van der Waals surface area (Å²) in [5, 5.41) is 9.00. The predicted octanol–water partition coefficient (Wildman–Crippen LogP) is 1.75. The molecule has 0 saturated carbocycles. The summed E-state index contributed by atoms with van der Waals surface area (Å²) < 4.78 is 0. The number of aromatic hydroxyl groups is 1. The molecule has 2 heteroatoms. The van der Waals surface area contributed by atoms with Crippen LogP contribution in [0.4, 0.5) is 0 Å². The van der Waals surface area contributed by atoms with E-state index in [4.69, 9.17) is 10.8 Å². The van der Waals surface area contributed by atoms with E-state index in [2.05, 4.69) is 0 Å². The average molecular weight is 163 g/mol. The minimum atomic E-state index is 0.289. The summed E-state index contributed by atoms with van der Waals surface area (Å²) >= 11 is 0. The second kappa shape index (κ2) is 3.93. The number of nitrogens with two attached hydrogens (primary N) is 1. The lowest BCUT2D eigenvalue weighted by molar-refractivity contribution is 0.475. The van der Waals surface area contributed by atoms with Crippen LogP contribution in [0, 0.1) is 0 Å². The Morgan fingerprint density at radius 2 is 2.00 bits per heavy atom. The lowest BCUT2D eigenvalue weighted by Gasteiger charge is -1.97. The molecule has 0 radical (unpaired) electrons. The molecule has 0 unspecified atom stereocenters. The van der Waals surface area contributed by atoms with Gasteiger partial charge in [-0.1, -0.05) is 23.8 Å². The predicted molar refractivity (Wildman–Crippen MR) is 50.8 cm³/mol. The monoisotopic (exact) mass is 163 g/mol. The molecule has 0 spiro atoms.